The van der Waals surface area contributed by atoms with Crippen LogP contribution in [0.5, 0.6) is 0 Å². The predicted octanol–water partition coefficient (Wildman–Crippen LogP) is 3.44. The molecular formula is C25H34Cl2N4O3. The minimum absolute atomic E-state index is 0.0588. The van der Waals surface area contributed by atoms with Gasteiger partial charge in [0.2, 0.25) is 11.8 Å². The highest BCUT2D eigenvalue weighted by Crippen LogP contribution is 2.31. The number of amides is 3. The lowest BCUT2D eigenvalue weighted by Crippen LogP contribution is -2.58. The smallest absolute Gasteiger partial charge is 0.253 e. The first-order valence-corrected chi connectivity index (χ1v) is 13.2. The van der Waals surface area contributed by atoms with Crippen LogP contribution < -0.4 is 5.32 Å². The van der Waals surface area contributed by atoms with Gasteiger partial charge in [0.1, 0.15) is 0 Å². The molecular weight excluding hydrogens is 475 g/mol. The first-order chi connectivity index (χ1) is 16.4. The molecule has 3 fully saturated rings. The normalized spacial score (nSPS) is 20.7. The third-order valence-corrected chi connectivity index (χ3v) is 8.09. The molecule has 186 valence electrons. The van der Waals surface area contributed by atoms with E-state index in [0.29, 0.717) is 67.2 Å². The summed E-state index contributed by atoms with van der Waals surface area (Å²) in [5, 5.41) is 3.95. The van der Waals surface area contributed by atoms with Crippen molar-refractivity contribution in [2.24, 2.45) is 5.92 Å². The number of hydrogen-bond donors (Lipinski definition) is 1. The molecule has 2 heterocycles. The molecule has 34 heavy (non-hydrogen) atoms. The molecule has 1 saturated carbocycles. The van der Waals surface area contributed by atoms with Gasteiger partial charge >= 0.3 is 0 Å². The molecule has 1 unspecified atom stereocenters. The molecule has 1 aromatic carbocycles. The summed E-state index contributed by atoms with van der Waals surface area (Å²) >= 11 is 12.1. The van der Waals surface area contributed by atoms with Crippen molar-refractivity contribution in [1.82, 2.24) is 20.0 Å². The summed E-state index contributed by atoms with van der Waals surface area (Å²) in [6.45, 7) is 4.63. The Morgan fingerprint density at radius 3 is 2.38 bits per heavy atom. The van der Waals surface area contributed by atoms with Crippen molar-refractivity contribution in [3.63, 3.8) is 0 Å². The second kappa shape index (κ2) is 11.7. The Kier molecular flexibility index (Phi) is 8.72. The molecule has 4 rings (SSSR count). The SMILES string of the molecule is O=C(NCCCN1CCCC1=O)C(C1CCCC1)N1CCN(C(=O)c2ccc(Cl)c(Cl)c2)CC1. The number of halogens is 2. The van der Waals surface area contributed by atoms with Crippen LogP contribution in [0, 0.1) is 5.92 Å². The molecule has 0 aromatic heterocycles. The number of piperazine rings is 1. The summed E-state index contributed by atoms with van der Waals surface area (Å²) in [4.78, 5) is 43.9. The van der Waals surface area contributed by atoms with E-state index in [4.69, 9.17) is 23.2 Å². The highest BCUT2D eigenvalue weighted by atomic mass is 35.5. The van der Waals surface area contributed by atoms with Gasteiger partial charge < -0.3 is 15.1 Å². The zero-order chi connectivity index (χ0) is 24.1. The molecule has 3 aliphatic rings. The largest absolute Gasteiger partial charge is 0.355 e. The first-order valence-electron chi connectivity index (χ1n) is 12.5. The zero-order valence-electron chi connectivity index (χ0n) is 19.6. The Hall–Kier alpha value is -1.83. The van der Waals surface area contributed by atoms with Gasteiger partial charge in [-0.05, 0) is 49.8 Å². The number of likely N-dealkylation sites (tertiary alicyclic amines) is 1. The van der Waals surface area contributed by atoms with E-state index in [1.807, 2.05) is 9.80 Å². The molecule has 0 spiro atoms. The highest BCUT2D eigenvalue weighted by molar-refractivity contribution is 6.42. The second-order valence-electron chi connectivity index (χ2n) is 9.58. The van der Waals surface area contributed by atoms with Crippen LogP contribution in [0.3, 0.4) is 0 Å². The molecule has 7 nitrogen and oxygen atoms in total. The number of carbonyl (C=O) groups is 3. The molecule has 1 aromatic rings. The third-order valence-electron chi connectivity index (χ3n) is 7.35. The van der Waals surface area contributed by atoms with Crippen molar-refractivity contribution < 1.29 is 14.4 Å². The molecule has 0 bridgehead atoms. The summed E-state index contributed by atoms with van der Waals surface area (Å²) in [5.74, 6) is 0.612. The van der Waals surface area contributed by atoms with E-state index < -0.39 is 0 Å². The molecule has 1 N–H and O–H groups in total. The van der Waals surface area contributed by atoms with Crippen LogP contribution in [0.25, 0.3) is 0 Å². The number of nitrogens with zero attached hydrogens (tertiary/aromatic N) is 3. The summed E-state index contributed by atoms with van der Waals surface area (Å²) in [6, 6.07) is 4.81. The fourth-order valence-corrected chi connectivity index (χ4v) is 5.79. The monoisotopic (exact) mass is 508 g/mol. The van der Waals surface area contributed by atoms with Gasteiger partial charge in [0.15, 0.2) is 0 Å². The maximum atomic E-state index is 13.3. The fourth-order valence-electron chi connectivity index (χ4n) is 5.49. The summed E-state index contributed by atoms with van der Waals surface area (Å²) < 4.78 is 0. The van der Waals surface area contributed by atoms with Crippen LogP contribution in [0.4, 0.5) is 0 Å². The van der Waals surface area contributed by atoms with Gasteiger partial charge in [-0.15, -0.1) is 0 Å². The summed E-state index contributed by atoms with van der Waals surface area (Å²) in [6.07, 6.45) is 6.85. The van der Waals surface area contributed by atoms with Gasteiger partial charge in [0.05, 0.1) is 16.1 Å². The van der Waals surface area contributed by atoms with E-state index in [-0.39, 0.29) is 23.8 Å². The topological polar surface area (TPSA) is 73.0 Å². The standard InChI is InChI=1S/C25H34Cl2N4O3/c26-20-9-8-19(17-21(20)27)25(34)31-15-13-30(14-16-31)23(18-5-1-2-6-18)24(33)28-10-4-12-29-11-3-7-22(29)32/h8-9,17-18,23H,1-7,10-16H2,(H,28,33). The van der Waals surface area contributed by atoms with Crippen LogP contribution in [0.2, 0.25) is 10.0 Å². The Labute approximate surface area is 211 Å². The van der Waals surface area contributed by atoms with Crippen molar-refractivity contribution in [3.05, 3.63) is 33.8 Å². The van der Waals surface area contributed by atoms with Crippen molar-refractivity contribution >= 4 is 40.9 Å². The van der Waals surface area contributed by atoms with Crippen molar-refractivity contribution in [3.8, 4) is 0 Å². The number of rotatable bonds is 8. The van der Waals surface area contributed by atoms with E-state index in [1.165, 1.54) is 12.8 Å². The number of carbonyl (C=O) groups excluding carboxylic acids is 3. The Bertz CT molecular complexity index is 898. The van der Waals surface area contributed by atoms with Crippen LogP contribution in [0.1, 0.15) is 55.3 Å². The quantitative estimate of drug-likeness (QED) is 0.545. The summed E-state index contributed by atoms with van der Waals surface area (Å²) in [7, 11) is 0. The predicted molar refractivity (Wildman–Crippen MR) is 133 cm³/mol. The minimum atomic E-state index is -0.154. The molecule has 9 heteroatoms. The molecule has 1 atom stereocenters. The van der Waals surface area contributed by atoms with Crippen molar-refractivity contribution in [1.29, 1.82) is 0 Å². The van der Waals surface area contributed by atoms with Gasteiger partial charge in [-0.1, -0.05) is 36.0 Å². The van der Waals surface area contributed by atoms with Crippen molar-refractivity contribution in [2.45, 2.75) is 51.0 Å². The van der Waals surface area contributed by atoms with Crippen molar-refractivity contribution in [2.75, 3.05) is 45.8 Å². The van der Waals surface area contributed by atoms with Gasteiger partial charge in [-0.2, -0.15) is 0 Å². The van der Waals surface area contributed by atoms with Gasteiger partial charge in [0.25, 0.3) is 5.91 Å². The first kappa shape index (κ1) is 25.3. The number of benzene rings is 1. The number of nitrogens with one attached hydrogen (secondary N) is 1. The average molecular weight is 509 g/mol. The van der Waals surface area contributed by atoms with Crippen LogP contribution in [-0.4, -0.2) is 84.3 Å². The lowest BCUT2D eigenvalue weighted by Gasteiger charge is -2.40. The lowest BCUT2D eigenvalue weighted by atomic mass is 9.95. The molecule has 2 saturated heterocycles. The second-order valence-corrected chi connectivity index (χ2v) is 10.4. The van der Waals surface area contributed by atoms with E-state index in [9.17, 15) is 14.4 Å². The van der Waals surface area contributed by atoms with E-state index >= 15 is 0 Å². The van der Waals surface area contributed by atoms with E-state index in [0.717, 1.165) is 32.2 Å². The third kappa shape index (κ3) is 6.04. The maximum absolute atomic E-state index is 13.3. The Morgan fingerprint density at radius 1 is 1.00 bits per heavy atom. The lowest BCUT2D eigenvalue weighted by molar-refractivity contribution is -0.129. The molecule has 0 radical (unpaired) electrons. The van der Waals surface area contributed by atoms with E-state index in [1.54, 1.807) is 18.2 Å². The molecule has 1 aliphatic carbocycles. The molecule has 3 amide bonds. The highest BCUT2D eigenvalue weighted by Gasteiger charge is 2.37. The fraction of sp³-hybridized carbons (Fsp3) is 0.640. The minimum Gasteiger partial charge on any atom is -0.355 e. The average Bonchev–Trinajstić information content (AvgIpc) is 3.51. The number of hydrogen-bond acceptors (Lipinski definition) is 4. The van der Waals surface area contributed by atoms with Crippen LogP contribution in [0.15, 0.2) is 18.2 Å². The molecule has 2 aliphatic heterocycles. The Balaban J connectivity index is 1.30. The maximum Gasteiger partial charge on any atom is 0.253 e. The van der Waals surface area contributed by atoms with Crippen LogP contribution >= 0.6 is 23.2 Å². The van der Waals surface area contributed by atoms with Gasteiger partial charge in [-0.3, -0.25) is 19.3 Å². The Morgan fingerprint density at radius 2 is 1.74 bits per heavy atom. The van der Waals surface area contributed by atoms with E-state index in [2.05, 4.69) is 10.2 Å². The van der Waals surface area contributed by atoms with Gasteiger partial charge in [0, 0.05) is 57.8 Å². The summed E-state index contributed by atoms with van der Waals surface area (Å²) in [5.41, 5.74) is 0.532. The van der Waals surface area contributed by atoms with Gasteiger partial charge in [-0.25, -0.2) is 0 Å². The zero-order valence-corrected chi connectivity index (χ0v) is 21.1. The van der Waals surface area contributed by atoms with Crippen LogP contribution in [-0.2, 0) is 9.59 Å².